The summed E-state index contributed by atoms with van der Waals surface area (Å²) in [5, 5.41) is 8.59. The van der Waals surface area contributed by atoms with Gasteiger partial charge in [0, 0.05) is 7.11 Å². The fourth-order valence-corrected chi connectivity index (χ4v) is 1.05. The summed E-state index contributed by atoms with van der Waals surface area (Å²) in [4.78, 5) is 22.0. The molecule has 3 N–H and O–H groups in total. The van der Waals surface area contributed by atoms with E-state index in [1.807, 2.05) is 0 Å². The quantitative estimate of drug-likeness (QED) is 0.655. The van der Waals surface area contributed by atoms with Gasteiger partial charge in [0.2, 0.25) is 0 Å². The van der Waals surface area contributed by atoms with E-state index in [9.17, 15) is 9.59 Å². The highest BCUT2D eigenvalue weighted by atomic mass is 16.6. The third kappa shape index (κ3) is 5.67. The molecule has 0 fully saturated rings. The van der Waals surface area contributed by atoms with Crippen molar-refractivity contribution in [1.29, 1.82) is 0 Å². The SMILES string of the molecule is CO[C@@H](CC(=O)O)C(N)C(=O)OC(C)(C)C. The fourth-order valence-electron chi connectivity index (χ4n) is 1.05. The van der Waals surface area contributed by atoms with Gasteiger partial charge in [-0.1, -0.05) is 0 Å². The number of rotatable bonds is 5. The molecule has 0 aromatic carbocycles. The van der Waals surface area contributed by atoms with Crippen molar-refractivity contribution in [2.75, 3.05) is 7.11 Å². The van der Waals surface area contributed by atoms with Gasteiger partial charge in [0.05, 0.1) is 12.5 Å². The van der Waals surface area contributed by atoms with Crippen LogP contribution in [0.15, 0.2) is 0 Å². The zero-order valence-electron chi connectivity index (χ0n) is 10.0. The Hall–Kier alpha value is -1.14. The largest absolute Gasteiger partial charge is 0.481 e. The molecule has 0 radical (unpaired) electrons. The van der Waals surface area contributed by atoms with Gasteiger partial charge in [0.15, 0.2) is 0 Å². The summed E-state index contributed by atoms with van der Waals surface area (Å²) in [6.45, 7) is 5.11. The van der Waals surface area contributed by atoms with E-state index in [-0.39, 0.29) is 6.42 Å². The molecule has 6 heteroatoms. The predicted octanol–water partition coefficient (Wildman–Crippen LogP) is 0.145. The number of methoxy groups -OCH3 is 1. The summed E-state index contributed by atoms with van der Waals surface area (Å²) in [7, 11) is 1.30. The van der Waals surface area contributed by atoms with Crippen LogP contribution in [0.2, 0.25) is 0 Å². The Morgan fingerprint density at radius 3 is 2.19 bits per heavy atom. The van der Waals surface area contributed by atoms with Gasteiger partial charge >= 0.3 is 11.9 Å². The van der Waals surface area contributed by atoms with Crippen molar-refractivity contribution in [2.45, 2.75) is 44.9 Å². The lowest BCUT2D eigenvalue weighted by Gasteiger charge is -2.25. The Balaban J connectivity index is 4.44. The van der Waals surface area contributed by atoms with Crippen molar-refractivity contribution >= 4 is 11.9 Å². The highest BCUT2D eigenvalue weighted by Gasteiger charge is 2.30. The molecule has 0 heterocycles. The molecule has 0 aliphatic carbocycles. The van der Waals surface area contributed by atoms with Gasteiger partial charge in [0.25, 0.3) is 0 Å². The van der Waals surface area contributed by atoms with E-state index in [2.05, 4.69) is 0 Å². The second kappa shape index (κ2) is 5.81. The van der Waals surface area contributed by atoms with Crippen LogP contribution in [0.25, 0.3) is 0 Å². The number of carboxylic acid groups (broad SMARTS) is 1. The van der Waals surface area contributed by atoms with Crippen molar-refractivity contribution < 1.29 is 24.2 Å². The highest BCUT2D eigenvalue weighted by molar-refractivity contribution is 5.78. The monoisotopic (exact) mass is 233 g/mol. The van der Waals surface area contributed by atoms with E-state index in [0.717, 1.165) is 0 Å². The van der Waals surface area contributed by atoms with Crippen LogP contribution >= 0.6 is 0 Å². The molecular formula is C10H19NO5. The molecule has 0 aromatic heterocycles. The van der Waals surface area contributed by atoms with Gasteiger partial charge in [-0.15, -0.1) is 0 Å². The minimum absolute atomic E-state index is 0.336. The normalized spacial score (nSPS) is 15.3. The third-order valence-corrected chi connectivity index (χ3v) is 1.76. The Kier molecular flexibility index (Phi) is 5.40. The van der Waals surface area contributed by atoms with E-state index in [1.165, 1.54) is 7.11 Å². The van der Waals surface area contributed by atoms with Crippen LogP contribution < -0.4 is 5.73 Å². The number of carbonyl (C=O) groups is 2. The summed E-state index contributed by atoms with van der Waals surface area (Å²) in [5.74, 6) is -1.74. The van der Waals surface area contributed by atoms with Crippen molar-refractivity contribution in [3.05, 3.63) is 0 Å². The molecule has 0 spiro atoms. The number of esters is 1. The summed E-state index contributed by atoms with van der Waals surface area (Å²) in [6.07, 6.45) is -1.22. The molecular weight excluding hydrogens is 214 g/mol. The molecule has 0 saturated heterocycles. The molecule has 0 aromatic rings. The first kappa shape index (κ1) is 14.9. The van der Waals surface area contributed by atoms with Crippen LogP contribution in [-0.4, -0.2) is 41.9 Å². The Morgan fingerprint density at radius 2 is 1.88 bits per heavy atom. The summed E-state index contributed by atoms with van der Waals surface area (Å²) >= 11 is 0. The lowest BCUT2D eigenvalue weighted by Crippen LogP contribution is -2.47. The minimum Gasteiger partial charge on any atom is -0.481 e. The fraction of sp³-hybridized carbons (Fsp3) is 0.800. The zero-order valence-corrected chi connectivity index (χ0v) is 10.0. The number of hydrogen-bond donors (Lipinski definition) is 2. The number of ether oxygens (including phenoxy) is 2. The summed E-state index contributed by atoms with van der Waals surface area (Å²) in [5.41, 5.74) is 4.91. The predicted molar refractivity (Wildman–Crippen MR) is 56.9 cm³/mol. The van der Waals surface area contributed by atoms with Gasteiger partial charge in [-0.05, 0) is 20.8 Å². The second-order valence-electron chi connectivity index (χ2n) is 4.43. The first-order chi connectivity index (χ1) is 7.17. The van der Waals surface area contributed by atoms with Gasteiger partial charge < -0.3 is 20.3 Å². The van der Waals surface area contributed by atoms with Crippen LogP contribution in [0.4, 0.5) is 0 Å². The van der Waals surface area contributed by atoms with E-state index in [4.69, 9.17) is 20.3 Å². The summed E-state index contributed by atoms with van der Waals surface area (Å²) in [6, 6.07) is -1.10. The number of hydrogen-bond acceptors (Lipinski definition) is 5. The molecule has 0 aliphatic rings. The second-order valence-corrected chi connectivity index (χ2v) is 4.43. The minimum atomic E-state index is -1.10. The molecule has 16 heavy (non-hydrogen) atoms. The number of carboxylic acids is 1. The molecule has 1 unspecified atom stereocenters. The number of nitrogens with two attached hydrogens (primary N) is 1. The first-order valence-electron chi connectivity index (χ1n) is 4.90. The summed E-state index contributed by atoms with van der Waals surface area (Å²) < 4.78 is 9.88. The van der Waals surface area contributed by atoms with E-state index >= 15 is 0 Å². The lowest BCUT2D eigenvalue weighted by atomic mass is 10.1. The average molecular weight is 233 g/mol. The van der Waals surface area contributed by atoms with Crippen molar-refractivity contribution in [3.63, 3.8) is 0 Å². The molecule has 0 rings (SSSR count). The maximum Gasteiger partial charge on any atom is 0.326 e. The van der Waals surface area contributed by atoms with Gasteiger partial charge in [-0.25, -0.2) is 0 Å². The van der Waals surface area contributed by atoms with Crippen LogP contribution in [0.3, 0.4) is 0 Å². The van der Waals surface area contributed by atoms with Crippen molar-refractivity contribution in [2.24, 2.45) is 5.73 Å². The average Bonchev–Trinajstić information content (AvgIpc) is 2.09. The zero-order chi connectivity index (χ0) is 12.9. The van der Waals surface area contributed by atoms with Gasteiger partial charge in [-0.3, -0.25) is 9.59 Å². The Labute approximate surface area is 94.7 Å². The standard InChI is InChI=1S/C10H19NO5/c1-10(2,3)16-9(14)8(11)6(15-4)5-7(12)13/h6,8H,5,11H2,1-4H3,(H,12,13)/t6-,8?/m0/s1. The molecule has 2 atom stereocenters. The highest BCUT2D eigenvalue weighted by Crippen LogP contribution is 2.11. The molecule has 94 valence electrons. The maximum absolute atomic E-state index is 11.5. The van der Waals surface area contributed by atoms with Crippen molar-refractivity contribution in [1.82, 2.24) is 0 Å². The molecule has 0 amide bonds. The lowest BCUT2D eigenvalue weighted by molar-refractivity contribution is -0.160. The molecule has 0 saturated carbocycles. The molecule has 6 nitrogen and oxygen atoms in total. The smallest absolute Gasteiger partial charge is 0.326 e. The van der Waals surface area contributed by atoms with E-state index in [1.54, 1.807) is 20.8 Å². The first-order valence-corrected chi connectivity index (χ1v) is 4.90. The van der Waals surface area contributed by atoms with Crippen LogP contribution in [-0.2, 0) is 19.1 Å². The van der Waals surface area contributed by atoms with E-state index in [0.29, 0.717) is 0 Å². The third-order valence-electron chi connectivity index (χ3n) is 1.76. The number of aliphatic carboxylic acids is 1. The molecule has 0 bridgehead atoms. The van der Waals surface area contributed by atoms with Crippen LogP contribution in [0.5, 0.6) is 0 Å². The van der Waals surface area contributed by atoms with E-state index < -0.39 is 29.7 Å². The topological polar surface area (TPSA) is 98.9 Å². The van der Waals surface area contributed by atoms with Crippen molar-refractivity contribution in [3.8, 4) is 0 Å². The van der Waals surface area contributed by atoms with Gasteiger partial charge in [-0.2, -0.15) is 0 Å². The van der Waals surface area contributed by atoms with Gasteiger partial charge in [0.1, 0.15) is 11.6 Å². The maximum atomic E-state index is 11.5. The number of carbonyl (C=O) groups excluding carboxylic acids is 1. The Morgan fingerprint density at radius 1 is 1.38 bits per heavy atom. The van der Waals surface area contributed by atoms with Crippen LogP contribution in [0.1, 0.15) is 27.2 Å². The van der Waals surface area contributed by atoms with Crippen LogP contribution in [0, 0.1) is 0 Å². The molecule has 0 aliphatic heterocycles. The Bertz CT molecular complexity index is 258.